The maximum absolute atomic E-state index is 12.4. The number of rotatable bonds is 7. The molecular weight excluding hydrogens is 273 g/mol. The third-order valence-electron chi connectivity index (χ3n) is 2.74. The molecule has 4 nitrogen and oxygen atoms in total. The molecule has 0 aliphatic heterocycles. The summed E-state index contributed by atoms with van der Waals surface area (Å²) in [6.07, 6.45) is -4.47. The van der Waals surface area contributed by atoms with Gasteiger partial charge in [-0.05, 0) is 30.7 Å². The molecule has 4 N–H and O–H groups in total. The number of hydrogen-bond acceptors (Lipinski definition) is 3. The summed E-state index contributed by atoms with van der Waals surface area (Å²) in [6.45, 7) is 0.699. The second-order valence-electron chi connectivity index (χ2n) is 4.41. The number of hydrogen-bond donors (Lipinski definition) is 3. The van der Waals surface area contributed by atoms with E-state index < -0.39 is 23.8 Å². The van der Waals surface area contributed by atoms with Crippen LogP contribution in [0.1, 0.15) is 30.1 Å². The zero-order valence-corrected chi connectivity index (χ0v) is 10.8. The van der Waals surface area contributed by atoms with Gasteiger partial charge in [-0.3, -0.25) is 4.79 Å². The van der Waals surface area contributed by atoms with Gasteiger partial charge in [-0.1, -0.05) is 12.1 Å². The molecule has 1 amide bonds. The fourth-order valence-electron chi connectivity index (χ4n) is 1.64. The zero-order chi connectivity index (χ0) is 15.2. The molecule has 1 aromatic carbocycles. The molecule has 0 radical (unpaired) electrons. The summed E-state index contributed by atoms with van der Waals surface area (Å²) in [5.41, 5.74) is 4.62. The van der Waals surface area contributed by atoms with E-state index in [-0.39, 0.29) is 13.0 Å². The predicted molar refractivity (Wildman–Crippen MR) is 67.7 cm³/mol. The van der Waals surface area contributed by atoms with E-state index in [2.05, 4.69) is 5.32 Å². The Morgan fingerprint density at radius 2 is 1.90 bits per heavy atom. The van der Waals surface area contributed by atoms with Crippen molar-refractivity contribution in [3.63, 3.8) is 0 Å². The number of benzene rings is 1. The number of aliphatic hydroxyl groups is 1. The molecule has 1 rings (SSSR count). The Morgan fingerprint density at radius 3 is 2.40 bits per heavy atom. The van der Waals surface area contributed by atoms with Gasteiger partial charge in [-0.2, -0.15) is 13.2 Å². The Kier molecular flexibility index (Phi) is 5.97. The number of nitrogens with two attached hydrogens (primary N) is 1. The van der Waals surface area contributed by atoms with E-state index in [4.69, 9.17) is 5.73 Å². The Balaban J connectivity index is 2.40. The van der Waals surface area contributed by atoms with Gasteiger partial charge in [0.05, 0.1) is 11.7 Å². The van der Waals surface area contributed by atoms with Crippen LogP contribution in [0.4, 0.5) is 13.2 Å². The molecule has 1 unspecified atom stereocenters. The van der Waals surface area contributed by atoms with E-state index >= 15 is 0 Å². The normalized spacial score (nSPS) is 13.2. The molecule has 112 valence electrons. The third kappa shape index (κ3) is 5.58. The van der Waals surface area contributed by atoms with E-state index in [9.17, 15) is 23.1 Å². The van der Waals surface area contributed by atoms with Crippen molar-refractivity contribution in [3.8, 4) is 0 Å². The van der Waals surface area contributed by atoms with E-state index in [1.165, 1.54) is 12.1 Å². The lowest BCUT2D eigenvalue weighted by Gasteiger charge is -2.13. The lowest BCUT2D eigenvalue weighted by molar-refractivity contribution is -0.137. The van der Waals surface area contributed by atoms with Crippen molar-refractivity contribution in [1.29, 1.82) is 0 Å². The minimum Gasteiger partial charge on any atom is -0.387 e. The first kappa shape index (κ1) is 16.5. The molecule has 0 aliphatic carbocycles. The van der Waals surface area contributed by atoms with Crippen LogP contribution in [0.2, 0.25) is 0 Å². The molecular formula is C13H17F3N2O2. The summed E-state index contributed by atoms with van der Waals surface area (Å²) in [6, 6.07) is 4.37. The predicted octanol–water partition coefficient (Wildman–Crippen LogP) is 1.59. The number of carbonyl (C=O) groups excluding carboxylic acids is 1. The summed E-state index contributed by atoms with van der Waals surface area (Å²) in [5, 5.41) is 12.7. The van der Waals surface area contributed by atoms with Crippen LogP contribution in [0.5, 0.6) is 0 Å². The summed E-state index contributed by atoms with van der Waals surface area (Å²) in [4.78, 5) is 10.5. The summed E-state index contributed by atoms with van der Waals surface area (Å²) < 4.78 is 37.1. The van der Waals surface area contributed by atoms with Crippen molar-refractivity contribution in [3.05, 3.63) is 35.4 Å². The molecule has 0 saturated carbocycles. The molecule has 20 heavy (non-hydrogen) atoms. The van der Waals surface area contributed by atoms with Gasteiger partial charge in [0.25, 0.3) is 0 Å². The monoisotopic (exact) mass is 290 g/mol. The number of primary amides is 1. The van der Waals surface area contributed by atoms with Gasteiger partial charge in [0.1, 0.15) is 0 Å². The molecule has 0 aromatic heterocycles. The van der Waals surface area contributed by atoms with E-state index in [0.29, 0.717) is 18.5 Å². The maximum Gasteiger partial charge on any atom is 0.416 e. The average Bonchev–Trinajstić information content (AvgIpc) is 2.37. The van der Waals surface area contributed by atoms with Gasteiger partial charge in [-0.15, -0.1) is 0 Å². The highest BCUT2D eigenvalue weighted by atomic mass is 19.4. The summed E-state index contributed by atoms with van der Waals surface area (Å²) in [5.74, 6) is -0.393. The van der Waals surface area contributed by atoms with Crippen LogP contribution in [0, 0.1) is 0 Å². The molecule has 7 heteroatoms. The fraction of sp³-hybridized carbons (Fsp3) is 0.462. The van der Waals surface area contributed by atoms with Crippen molar-refractivity contribution >= 4 is 5.91 Å². The van der Waals surface area contributed by atoms with Crippen LogP contribution >= 0.6 is 0 Å². The Morgan fingerprint density at radius 1 is 1.30 bits per heavy atom. The summed E-state index contributed by atoms with van der Waals surface area (Å²) >= 11 is 0. The molecule has 1 atom stereocenters. The largest absolute Gasteiger partial charge is 0.416 e. The van der Waals surface area contributed by atoms with Crippen LogP contribution < -0.4 is 11.1 Å². The topological polar surface area (TPSA) is 75.4 Å². The summed E-state index contributed by atoms with van der Waals surface area (Å²) in [7, 11) is 0. The van der Waals surface area contributed by atoms with E-state index in [1.807, 2.05) is 0 Å². The first-order valence-corrected chi connectivity index (χ1v) is 6.15. The van der Waals surface area contributed by atoms with Crippen LogP contribution in [0.15, 0.2) is 24.3 Å². The van der Waals surface area contributed by atoms with Gasteiger partial charge in [0.15, 0.2) is 0 Å². The van der Waals surface area contributed by atoms with Crippen molar-refractivity contribution in [2.24, 2.45) is 5.73 Å². The van der Waals surface area contributed by atoms with Gasteiger partial charge in [0.2, 0.25) is 5.91 Å². The number of amides is 1. The van der Waals surface area contributed by atoms with Gasteiger partial charge in [-0.25, -0.2) is 0 Å². The highest BCUT2D eigenvalue weighted by Gasteiger charge is 2.30. The Hall–Kier alpha value is -1.60. The molecule has 1 aromatic rings. The first-order valence-electron chi connectivity index (χ1n) is 6.15. The average molecular weight is 290 g/mol. The number of aliphatic hydroxyl groups excluding tert-OH is 1. The van der Waals surface area contributed by atoms with Crippen LogP contribution in [0.3, 0.4) is 0 Å². The number of halogens is 3. The second-order valence-corrected chi connectivity index (χ2v) is 4.41. The Labute approximate surface area is 114 Å². The van der Waals surface area contributed by atoms with E-state index in [0.717, 1.165) is 12.1 Å². The number of nitrogens with one attached hydrogen (secondary N) is 1. The Bertz CT molecular complexity index is 432. The van der Waals surface area contributed by atoms with Crippen LogP contribution in [-0.4, -0.2) is 24.1 Å². The zero-order valence-electron chi connectivity index (χ0n) is 10.8. The van der Waals surface area contributed by atoms with Gasteiger partial charge >= 0.3 is 6.18 Å². The van der Waals surface area contributed by atoms with Gasteiger partial charge in [0, 0.05) is 13.0 Å². The van der Waals surface area contributed by atoms with Gasteiger partial charge < -0.3 is 16.2 Å². The maximum atomic E-state index is 12.4. The lowest BCUT2D eigenvalue weighted by Crippen LogP contribution is -2.23. The molecule has 0 spiro atoms. The highest BCUT2D eigenvalue weighted by Crippen LogP contribution is 2.29. The molecule has 0 heterocycles. The minimum atomic E-state index is -4.38. The highest BCUT2D eigenvalue weighted by molar-refractivity contribution is 5.73. The molecule has 0 aliphatic rings. The van der Waals surface area contributed by atoms with Crippen molar-refractivity contribution in [1.82, 2.24) is 5.32 Å². The standard InChI is InChI=1S/C13H17F3N2O2/c14-13(15,16)10-5-3-9(4-6-10)11(19)8-18-7-1-2-12(17)20/h3-6,11,18-19H,1-2,7-8H2,(H2,17,20). The number of carbonyl (C=O) groups is 1. The van der Waals surface area contributed by atoms with Crippen LogP contribution in [-0.2, 0) is 11.0 Å². The fourth-order valence-corrected chi connectivity index (χ4v) is 1.64. The molecule has 0 saturated heterocycles. The quantitative estimate of drug-likeness (QED) is 0.668. The van der Waals surface area contributed by atoms with Crippen molar-refractivity contribution in [2.45, 2.75) is 25.1 Å². The smallest absolute Gasteiger partial charge is 0.387 e. The second kappa shape index (κ2) is 7.25. The molecule has 0 fully saturated rings. The SMILES string of the molecule is NC(=O)CCCNCC(O)c1ccc(C(F)(F)F)cc1. The molecule has 0 bridgehead atoms. The van der Waals surface area contributed by atoms with E-state index in [1.54, 1.807) is 0 Å². The minimum absolute atomic E-state index is 0.199. The third-order valence-corrected chi connectivity index (χ3v) is 2.74. The van der Waals surface area contributed by atoms with Crippen LogP contribution in [0.25, 0.3) is 0 Å². The van der Waals surface area contributed by atoms with Crippen molar-refractivity contribution < 1.29 is 23.1 Å². The van der Waals surface area contributed by atoms with Crippen molar-refractivity contribution in [2.75, 3.05) is 13.1 Å². The first-order chi connectivity index (χ1) is 9.30. The lowest BCUT2D eigenvalue weighted by atomic mass is 10.1. The number of alkyl halides is 3.